The van der Waals surface area contributed by atoms with Crippen LogP contribution >= 0.6 is 11.3 Å². The number of thiophene rings is 1. The molecule has 2 aromatic rings. The summed E-state index contributed by atoms with van der Waals surface area (Å²) >= 11 is 1.35. The second-order valence-corrected chi connectivity index (χ2v) is 6.80. The number of nitrogens with one attached hydrogen (secondary N) is 3. The lowest BCUT2D eigenvalue weighted by Crippen LogP contribution is -2.38. The quantitative estimate of drug-likeness (QED) is 0.784. The molecule has 1 atom stereocenters. The zero-order valence-corrected chi connectivity index (χ0v) is 14.6. The molecule has 128 valence electrons. The monoisotopic (exact) mass is 347 g/mol. The largest absolute Gasteiger partial charge is 0.358 e. The third-order valence-electron chi connectivity index (χ3n) is 4.12. The van der Waals surface area contributed by atoms with Crippen LogP contribution in [0.2, 0.25) is 0 Å². The highest BCUT2D eigenvalue weighted by Crippen LogP contribution is 2.33. The molecule has 1 fully saturated rings. The summed E-state index contributed by atoms with van der Waals surface area (Å²) in [6.07, 6.45) is 4.21. The number of fused-ring (bicyclic) bond motifs is 1. The van der Waals surface area contributed by atoms with Crippen LogP contribution in [0.15, 0.2) is 6.33 Å². The van der Waals surface area contributed by atoms with E-state index in [4.69, 9.17) is 0 Å². The van der Waals surface area contributed by atoms with Crippen molar-refractivity contribution < 1.29 is 9.59 Å². The van der Waals surface area contributed by atoms with Crippen LogP contribution in [0.25, 0.3) is 10.2 Å². The van der Waals surface area contributed by atoms with Crippen LogP contribution in [0.1, 0.15) is 41.4 Å². The van der Waals surface area contributed by atoms with Gasteiger partial charge in [-0.25, -0.2) is 9.97 Å². The highest BCUT2D eigenvalue weighted by Gasteiger charge is 2.24. The molecule has 0 spiro atoms. The molecule has 1 saturated heterocycles. The van der Waals surface area contributed by atoms with Gasteiger partial charge < -0.3 is 16.0 Å². The summed E-state index contributed by atoms with van der Waals surface area (Å²) in [7, 11) is 0. The maximum absolute atomic E-state index is 12.2. The summed E-state index contributed by atoms with van der Waals surface area (Å²) < 4.78 is 0. The van der Waals surface area contributed by atoms with Crippen LogP contribution < -0.4 is 16.0 Å². The molecule has 2 amide bonds. The molecule has 3 heterocycles. The van der Waals surface area contributed by atoms with E-state index >= 15 is 0 Å². The molecule has 0 radical (unpaired) electrons. The standard InChI is InChI=1S/C16H21N5O2S/c1-3-17-15(23)12-9(2)11-13(19-8-20-16(11)24-12)21-10-6-4-5-7-18-14(10)22/h8,10H,3-7H2,1-2H3,(H,17,23)(H,18,22)(H,19,20,21)/t10-/m0/s1. The number of carbonyl (C=O) groups excluding carboxylic acids is 2. The number of hydrogen-bond acceptors (Lipinski definition) is 6. The number of hydrogen-bond donors (Lipinski definition) is 3. The molecule has 1 aliphatic heterocycles. The van der Waals surface area contributed by atoms with Gasteiger partial charge >= 0.3 is 0 Å². The van der Waals surface area contributed by atoms with Crippen molar-refractivity contribution in [2.24, 2.45) is 0 Å². The summed E-state index contributed by atoms with van der Waals surface area (Å²) in [6.45, 7) is 5.07. The number of aromatic nitrogens is 2. The molecule has 2 aromatic heterocycles. The predicted octanol–water partition coefficient (Wildman–Crippen LogP) is 1.83. The average molecular weight is 347 g/mol. The van der Waals surface area contributed by atoms with Crippen molar-refractivity contribution >= 4 is 39.2 Å². The predicted molar refractivity (Wildman–Crippen MR) is 94.4 cm³/mol. The van der Waals surface area contributed by atoms with Gasteiger partial charge in [0.25, 0.3) is 5.91 Å². The Balaban J connectivity index is 1.96. The molecule has 0 bridgehead atoms. The van der Waals surface area contributed by atoms with Crippen LogP contribution in [0.3, 0.4) is 0 Å². The first-order chi connectivity index (χ1) is 11.6. The third kappa shape index (κ3) is 3.19. The lowest BCUT2D eigenvalue weighted by Gasteiger charge is -2.16. The Morgan fingerprint density at radius 1 is 1.42 bits per heavy atom. The number of rotatable bonds is 4. The van der Waals surface area contributed by atoms with Crippen molar-refractivity contribution in [1.29, 1.82) is 0 Å². The molecule has 3 rings (SSSR count). The Morgan fingerprint density at radius 2 is 2.25 bits per heavy atom. The van der Waals surface area contributed by atoms with Crippen molar-refractivity contribution in [1.82, 2.24) is 20.6 Å². The van der Waals surface area contributed by atoms with E-state index in [1.54, 1.807) is 0 Å². The van der Waals surface area contributed by atoms with E-state index in [9.17, 15) is 9.59 Å². The maximum atomic E-state index is 12.2. The van der Waals surface area contributed by atoms with Crippen molar-refractivity contribution in [2.45, 2.75) is 39.2 Å². The highest BCUT2D eigenvalue weighted by atomic mass is 32.1. The fraction of sp³-hybridized carbons (Fsp3) is 0.500. The fourth-order valence-corrected chi connectivity index (χ4v) is 3.95. The molecule has 7 nitrogen and oxygen atoms in total. The minimum absolute atomic E-state index is 0.00362. The van der Waals surface area contributed by atoms with E-state index in [1.807, 2.05) is 13.8 Å². The van der Waals surface area contributed by atoms with Crippen molar-refractivity contribution in [3.05, 3.63) is 16.8 Å². The van der Waals surface area contributed by atoms with E-state index in [0.717, 1.165) is 41.6 Å². The lowest BCUT2D eigenvalue weighted by molar-refractivity contribution is -0.121. The summed E-state index contributed by atoms with van der Waals surface area (Å²) in [5.41, 5.74) is 0.845. The van der Waals surface area contributed by atoms with Crippen molar-refractivity contribution in [2.75, 3.05) is 18.4 Å². The number of aryl methyl sites for hydroxylation is 1. The molecule has 0 saturated carbocycles. The van der Waals surface area contributed by atoms with Crippen molar-refractivity contribution in [3.63, 3.8) is 0 Å². The first kappa shape index (κ1) is 16.6. The zero-order chi connectivity index (χ0) is 17.1. The molecule has 0 aromatic carbocycles. The molecule has 24 heavy (non-hydrogen) atoms. The summed E-state index contributed by atoms with van der Waals surface area (Å²) in [5, 5.41) is 9.80. The first-order valence-electron chi connectivity index (χ1n) is 8.18. The minimum Gasteiger partial charge on any atom is -0.358 e. The van der Waals surface area contributed by atoms with Gasteiger partial charge in [0.15, 0.2) is 0 Å². The smallest absolute Gasteiger partial charge is 0.261 e. The van der Waals surface area contributed by atoms with E-state index in [1.165, 1.54) is 17.7 Å². The van der Waals surface area contributed by atoms with Crippen molar-refractivity contribution in [3.8, 4) is 0 Å². The van der Waals surface area contributed by atoms with Gasteiger partial charge in [-0.15, -0.1) is 11.3 Å². The molecule has 0 aliphatic carbocycles. The summed E-state index contributed by atoms with van der Waals surface area (Å²) in [4.78, 5) is 34.4. The van der Waals surface area contributed by atoms with Gasteiger partial charge in [-0.05, 0) is 38.7 Å². The fourth-order valence-electron chi connectivity index (χ4n) is 2.88. The summed E-state index contributed by atoms with van der Waals surface area (Å²) in [6, 6.07) is -0.308. The third-order valence-corrected chi connectivity index (χ3v) is 5.32. The van der Waals surface area contributed by atoms with Gasteiger partial charge in [0.05, 0.1) is 10.3 Å². The lowest BCUT2D eigenvalue weighted by atomic mass is 10.1. The molecular formula is C16H21N5O2S. The van der Waals surface area contributed by atoms with Crippen LogP contribution in [0, 0.1) is 6.92 Å². The Hall–Kier alpha value is -2.22. The van der Waals surface area contributed by atoms with E-state index in [2.05, 4.69) is 25.9 Å². The van der Waals surface area contributed by atoms with Gasteiger partial charge in [0.1, 0.15) is 23.0 Å². The SMILES string of the molecule is CCNC(=O)c1sc2ncnc(N[C@H]3CCCCNC3=O)c2c1C. The van der Waals surface area contributed by atoms with Gasteiger partial charge in [0.2, 0.25) is 5.91 Å². The molecule has 0 unspecified atom stereocenters. The number of nitrogens with zero attached hydrogens (tertiary/aromatic N) is 2. The van der Waals surface area contributed by atoms with Gasteiger partial charge in [-0.1, -0.05) is 0 Å². The van der Waals surface area contributed by atoms with E-state index in [0.29, 0.717) is 17.2 Å². The van der Waals surface area contributed by atoms with Gasteiger partial charge in [-0.3, -0.25) is 9.59 Å². The van der Waals surface area contributed by atoms with Gasteiger partial charge in [0, 0.05) is 13.1 Å². The summed E-state index contributed by atoms with van der Waals surface area (Å²) in [5.74, 6) is 0.513. The minimum atomic E-state index is -0.308. The second-order valence-electron chi connectivity index (χ2n) is 5.80. The average Bonchev–Trinajstić information content (AvgIpc) is 2.78. The number of carbonyl (C=O) groups is 2. The van der Waals surface area contributed by atoms with Crippen LogP contribution in [0.5, 0.6) is 0 Å². The zero-order valence-electron chi connectivity index (χ0n) is 13.8. The molecular weight excluding hydrogens is 326 g/mol. The maximum Gasteiger partial charge on any atom is 0.261 e. The van der Waals surface area contributed by atoms with Crippen LogP contribution in [-0.2, 0) is 4.79 Å². The normalized spacial score (nSPS) is 18.1. The Labute approximate surface area is 144 Å². The van der Waals surface area contributed by atoms with E-state index in [-0.39, 0.29) is 17.9 Å². The number of anilines is 1. The molecule has 3 N–H and O–H groups in total. The van der Waals surface area contributed by atoms with Crippen LogP contribution in [0.4, 0.5) is 5.82 Å². The van der Waals surface area contributed by atoms with Crippen LogP contribution in [-0.4, -0.2) is 40.9 Å². The first-order valence-corrected chi connectivity index (χ1v) is 9.00. The topological polar surface area (TPSA) is 96.0 Å². The van der Waals surface area contributed by atoms with Gasteiger partial charge in [-0.2, -0.15) is 0 Å². The molecule has 1 aliphatic rings. The Bertz CT molecular complexity index is 773. The van der Waals surface area contributed by atoms with E-state index < -0.39 is 0 Å². The molecule has 8 heteroatoms. The second kappa shape index (κ2) is 7.12. The highest BCUT2D eigenvalue weighted by molar-refractivity contribution is 7.20. The Kier molecular flexibility index (Phi) is 4.94. The Morgan fingerprint density at radius 3 is 3.04 bits per heavy atom. The number of amides is 2.